The highest BCUT2D eigenvalue weighted by molar-refractivity contribution is 5.75. The fourth-order valence-electron chi connectivity index (χ4n) is 2.77. The Labute approximate surface area is 111 Å². The molecule has 2 fully saturated rings. The van der Waals surface area contributed by atoms with Crippen LogP contribution in [-0.4, -0.2) is 33.4 Å². The highest BCUT2D eigenvalue weighted by atomic mass is 16.6. The predicted molar refractivity (Wildman–Crippen MR) is 66.2 cm³/mol. The molecule has 5 heteroatoms. The van der Waals surface area contributed by atoms with E-state index in [2.05, 4.69) is 0 Å². The molecule has 0 aliphatic carbocycles. The van der Waals surface area contributed by atoms with Gasteiger partial charge in [0.05, 0.1) is 39.5 Å². The first-order valence-electron chi connectivity index (χ1n) is 6.24. The van der Waals surface area contributed by atoms with E-state index in [-0.39, 0.29) is 23.9 Å². The van der Waals surface area contributed by atoms with Crippen molar-refractivity contribution in [3.8, 4) is 11.5 Å². The number of esters is 1. The SMILES string of the molecule is COc1ccc(C2OCC3C(=O)OCC32)cc1OC. The minimum Gasteiger partial charge on any atom is -0.493 e. The maximum absolute atomic E-state index is 11.5. The first-order valence-corrected chi connectivity index (χ1v) is 6.24. The van der Waals surface area contributed by atoms with Crippen molar-refractivity contribution in [2.24, 2.45) is 11.8 Å². The number of rotatable bonds is 3. The fraction of sp³-hybridized carbons (Fsp3) is 0.500. The summed E-state index contributed by atoms with van der Waals surface area (Å²) < 4.78 is 21.4. The molecular weight excluding hydrogens is 248 g/mol. The molecule has 19 heavy (non-hydrogen) atoms. The van der Waals surface area contributed by atoms with E-state index in [4.69, 9.17) is 18.9 Å². The van der Waals surface area contributed by atoms with Crippen molar-refractivity contribution in [3.05, 3.63) is 23.8 Å². The van der Waals surface area contributed by atoms with E-state index in [9.17, 15) is 4.79 Å². The normalized spacial score (nSPS) is 28.9. The number of hydrogen-bond acceptors (Lipinski definition) is 5. The highest BCUT2D eigenvalue weighted by Gasteiger charge is 2.48. The molecule has 2 aliphatic heterocycles. The molecule has 102 valence electrons. The number of ether oxygens (including phenoxy) is 4. The predicted octanol–water partition coefficient (Wildman–Crippen LogP) is 1.56. The van der Waals surface area contributed by atoms with E-state index in [1.165, 1.54) is 0 Å². The zero-order valence-corrected chi connectivity index (χ0v) is 10.9. The van der Waals surface area contributed by atoms with Gasteiger partial charge in [-0.25, -0.2) is 0 Å². The number of carbonyl (C=O) groups is 1. The van der Waals surface area contributed by atoms with Crippen LogP contribution in [-0.2, 0) is 14.3 Å². The lowest BCUT2D eigenvalue weighted by Crippen LogP contribution is -2.14. The summed E-state index contributed by atoms with van der Waals surface area (Å²) in [6.45, 7) is 0.866. The zero-order valence-electron chi connectivity index (χ0n) is 10.9. The van der Waals surface area contributed by atoms with Crippen LogP contribution in [0, 0.1) is 11.8 Å². The van der Waals surface area contributed by atoms with Gasteiger partial charge in [-0.2, -0.15) is 0 Å². The molecule has 3 atom stereocenters. The topological polar surface area (TPSA) is 54.0 Å². The smallest absolute Gasteiger partial charge is 0.311 e. The summed E-state index contributed by atoms with van der Waals surface area (Å²) in [5.74, 6) is 1.17. The molecule has 0 N–H and O–H groups in total. The van der Waals surface area contributed by atoms with Crippen LogP contribution in [0.15, 0.2) is 18.2 Å². The number of carbonyl (C=O) groups excluding carboxylic acids is 1. The fourth-order valence-corrected chi connectivity index (χ4v) is 2.77. The lowest BCUT2D eigenvalue weighted by atomic mass is 9.90. The molecular formula is C14H16O5. The Bertz CT molecular complexity index is 499. The van der Waals surface area contributed by atoms with Gasteiger partial charge in [0.15, 0.2) is 11.5 Å². The largest absolute Gasteiger partial charge is 0.493 e. The van der Waals surface area contributed by atoms with Crippen molar-refractivity contribution >= 4 is 5.97 Å². The number of methoxy groups -OCH3 is 2. The molecule has 3 rings (SSSR count). The van der Waals surface area contributed by atoms with Gasteiger partial charge in [-0.15, -0.1) is 0 Å². The summed E-state index contributed by atoms with van der Waals surface area (Å²) >= 11 is 0. The molecule has 1 aromatic carbocycles. The molecule has 2 aliphatic rings. The third-order valence-corrected chi connectivity index (χ3v) is 3.82. The van der Waals surface area contributed by atoms with Gasteiger partial charge in [0.2, 0.25) is 0 Å². The van der Waals surface area contributed by atoms with Crippen molar-refractivity contribution in [1.82, 2.24) is 0 Å². The second kappa shape index (κ2) is 4.74. The van der Waals surface area contributed by atoms with E-state index in [0.29, 0.717) is 24.7 Å². The molecule has 0 spiro atoms. The molecule has 3 unspecified atom stereocenters. The Morgan fingerprint density at radius 2 is 1.95 bits per heavy atom. The van der Waals surface area contributed by atoms with Crippen molar-refractivity contribution in [2.45, 2.75) is 6.10 Å². The standard InChI is InChI=1S/C14H16O5/c1-16-11-4-3-8(5-12(11)17-2)13-9-6-19-14(15)10(9)7-18-13/h3-5,9-10,13H,6-7H2,1-2H3. The molecule has 0 aromatic heterocycles. The number of benzene rings is 1. The van der Waals surface area contributed by atoms with E-state index in [1.54, 1.807) is 14.2 Å². The molecule has 1 aromatic rings. The Morgan fingerprint density at radius 3 is 2.68 bits per heavy atom. The molecule has 2 heterocycles. The molecule has 0 bridgehead atoms. The van der Waals surface area contributed by atoms with Gasteiger partial charge < -0.3 is 18.9 Å². The van der Waals surface area contributed by atoms with Crippen LogP contribution < -0.4 is 9.47 Å². The summed E-state index contributed by atoms with van der Waals surface area (Å²) in [6, 6.07) is 5.69. The van der Waals surface area contributed by atoms with E-state index < -0.39 is 0 Å². The van der Waals surface area contributed by atoms with Crippen molar-refractivity contribution in [1.29, 1.82) is 0 Å². The first-order chi connectivity index (χ1) is 9.24. The van der Waals surface area contributed by atoms with Gasteiger partial charge in [0.1, 0.15) is 0 Å². The van der Waals surface area contributed by atoms with Gasteiger partial charge in [-0.05, 0) is 17.7 Å². The van der Waals surface area contributed by atoms with E-state index >= 15 is 0 Å². The number of fused-ring (bicyclic) bond motifs is 1. The second-order valence-electron chi connectivity index (χ2n) is 4.77. The first kappa shape index (κ1) is 12.3. The van der Waals surface area contributed by atoms with Crippen molar-refractivity contribution in [2.75, 3.05) is 27.4 Å². The molecule has 0 amide bonds. The van der Waals surface area contributed by atoms with E-state index in [1.807, 2.05) is 18.2 Å². The third-order valence-electron chi connectivity index (χ3n) is 3.82. The monoisotopic (exact) mass is 264 g/mol. The maximum Gasteiger partial charge on any atom is 0.311 e. The number of cyclic esters (lactones) is 1. The molecule has 0 radical (unpaired) electrons. The van der Waals surface area contributed by atoms with Crippen LogP contribution in [0.25, 0.3) is 0 Å². The van der Waals surface area contributed by atoms with Crippen LogP contribution in [0.2, 0.25) is 0 Å². The lowest BCUT2D eigenvalue weighted by Gasteiger charge is -2.17. The van der Waals surface area contributed by atoms with Crippen LogP contribution in [0.4, 0.5) is 0 Å². The summed E-state index contributed by atoms with van der Waals surface area (Å²) in [6.07, 6.45) is -0.115. The van der Waals surface area contributed by atoms with Gasteiger partial charge in [-0.1, -0.05) is 6.07 Å². The van der Waals surface area contributed by atoms with Crippen LogP contribution in [0.5, 0.6) is 11.5 Å². The van der Waals surface area contributed by atoms with Crippen LogP contribution in [0.3, 0.4) is 0 Å². The second-order valence-corrected chi connectivity index (χ2v) is 4.77. The van der Waals surface area contributed by atoms with Crippen LogP contribution >= 0.6 is 0 Å². The Hall–Kier alpha value is -1.75. The Kier molecular flexibility index (Phi) is 3.06. The quantitative estimate of drug-likeness (QED) is 0.775. The van der Waals surface area contributed by atoms with Gasteiger partial charge in [0, 0.05) is 5.92 Å². The summed E-state index contributed by atoms with van der Waals surface area (Å²) in [7, 11) is 3.20. The van der Waals surface area contributed by atoms with E-state index in [0.717, 1.165) is 5.56 Å². The highest BCUT2D eigenvalue weighted by Crippen LogP contribution is 2.44. The minimum atomic E-state index is -0.145. The van der Waals surface area contributed by atoms with Crippen molar-refractivity contribution in [3.63, 3.8) is 0 Å². The Morgan fingerprint density at radius 1 is 1.16 bits per heavy atom. The molecule has 2 saturated heterocycles. The molecule has 5 nitrogen and oxygen atoms in total. The van der Waals surface area contributed by atoms with Gasteiger partial charge in [0.25, 0.3) is 0 Å². The summed E-state index contributed by atoms with van der Waals surface area (Å²) in [5, 5.41) is 0. The summed E-state index contributed by atoms with van der Waals surface area (Å²) in [5.41, 5.74) is 0.989. The summed E-state index contributed by atoms with van der Waals surface area (Å²) in [4.78, 5) is 11.5. The average Bonchev–Trinajstić information content (AvgIpc) is 3.01. The third kappa shape index (κ3) is 1.94. The molecule has 0 saturated carbocycles. The maximum atomic E-state index is 11.5. The zero-order chi connectivity index (χ0) is 13.4. The van der Waals surface area contributed by atoms with Crippen molar-refractivity contribution < 1.29 is 23.7 Å². The van der Waals surface area contributed by atoms with Gasteiger partial charge >= 0.3 is 5.97 Å². The average molecular weight is 264 g/mol. The minimum absolute atomic E-state index is 0.102. The lowest BCUT2D eigenvalue weighted by molar-refractivity contribution is -0.142. The van der Waals surface area contributed by atoms with Gasteiger partial charge in [-0.3, -0.25) is 4.79 Å². The number of hydrogen-bond donors (Lipinski definition) is 0. The van der Waals surface area contributed by atoms with Crippen LogP contribution in [0.1, 0.15) is 11.7 Å². The Balaban J connectivity index is 1.89.